The van der Waals surface area contributed by atoms with Crippen molar-refractivity contribution in [2.24, 2.45) is 0 Å². The lowest BCUT2D eigenvalue weighted by Gasteiger charge is -2.03. The molecule has 0 heteroatoms. The molecule has 0 N–H and O–H groups in total. The van der Waals surface area contributed by atoms with E-state index in [1.807, 2.05) is 0 Å². The second-order valence-corrected chi connectivity index (χ2v) is 5.29. The molecule has 0 fully saturated rings. The Morgan fingerprint density at radius 1 is 0.706 bits per heavy atom. The average Bonchev–Trinajstić information content (AvgIpc) is 2.30. The van der Waals surface area contributed by atoms with Crippen molar-refractivity contribution in [3.8, 4) is 11.8 Å². The van der Waals surface area contributed by atoms with E-state index in [0.29, 0.717) is 0 Å². The Balaban J connectivity index is 3.05. The van der Waals surface area contributed by atoms with Crippen LogP contribution in [0.5, 0.6) is 0 Å². The Morgan fingerprint density at radius 2 is 1.24 bits per heavy atom. The summed E-state index contributed by atoms with van der Waals surface area (Å²) in [5.41, 5.74) is 0. The summed E-state index contributed by atoms with van der Waals surface area (Å²) in [5.74, 6) is 8.12. The zero-order valence-electron chi connectivity index (χ0n) is 12.3. The molecule has 0 spiro atoms. The van der Waals surface area contributed by atoms with Crippen molar-refractivity contribution >= 4 is 0 Å². The van der Waals surface area contributed by atoms with Gasteiger partial charge in [0.25, 0.3) is 0 Å². The minimum Gasteiger partial charge on any atom is -0.103 e. The first-order valence-electron chi connectivity index (χ1n) is 7.52. The van der Waals surface area contributed by atoms with Crippen LogP contribution in [-0.2, 0) is 0 Å². The average molecular weight is 235 g/mol. The highest BCUT2D eigenvalue weighted by Gasteiger charge is 1.94. The van der Waals surface area contributed by atoms with Crippen molar-refractivity contribution in [3.63, 3.8) is 0 Å². The standard InChI is InChI=1S/C17H31/c1-4-5-6-7-8-9-10-11-12-13-14-15-16-17(2)3/h4-6,9-16H2,1-3H3. The maximum absolute atomic E-state index is 3.28. The first-order valence-corrected chi connectivity index (χ1v) is 7.52. The van der Waals surface area contributed by atoms with Gasteiger partial charge in [0, 0.05) is 12.8 Å². The third kappa shape index (κ3) is 15.6. The second kappa shape index (κ2) is 13.6. The molecule has 0 aliphatic carbocycles. The fourth-order valence-electron chi connectivity index (χ4n) is 1.84. The molecule has 0 heterocycles. The van der Waals surface area contributed by atoms with Crippen LogP contribution < -0.4 is 0 Å². The van der Waals surface area contributed by atoms with Crippen LogP contribution in [0.15, 0.2) is 0 Å². The number of rotatable bonds is 10. The van der Waals surface area contributed by atoms with Crippen molar-refractivity contribution in [2.75, 3.05) is 0 Å². The van der Waals surface area contributed by atoms with E-state index in [4.69, 9.17) is 0 Å². The van der Waals surface area contributed by atoms with Gasteiger partial charge in [-0.15, -0.1) is 11.8 Å². The lowest BCUT2D eigenvalue weighted by Crippen LogP contribution is -1.85. The highest BCUT2D eigenvalue weighted by atomic mass is 14.0. The SMILES string of the molecule is CCCCC#CCCCCCCCC[C](C)C. The number of hydrogen-bond acceptors (Lipinski definition) is 0. The summed E-state index contributed by atoms with van der Waals surface area (Å²) in [5, 5.41) is 0. The molecule has 0 aromatic rings. The van der Waals surface area contributed by atoms with Crippen molar-refractivity contribution in [3.05, 3.63) is 5.92 Å². The molecule has 0 aliphatic rings. The van der Waals surface area contributed by atoms with Crippen LogP contribution >= 0.6 is 0 Å². The van der Waals surface area contributed by atoms with Gasteiger partial charge in [0.1, 0.15) is 0 Å². The fourth-order valence-corrected chi connectivity index (χ4v) is 1.84. The van der Waals surface area contributed by atoms with Gasteiger partial charge in [-0.2, -0.15) is 0 Å². The Kier molecular flexibility index (Phi) is 13.3. The molecule has 0 amide bonds. The van der Waals surface area contributed by atoms with E-state index in [1.165, 1.54) is 57.8 Å². The quantitative estimate of drug-likeness (QED) is 0.326. The summed E-state index contributed by atoms with van der Waals surface area (Å²) >= 11 is 0. The molecule has 0 aliphatic heterocycles. The van der Waals surface area contributed by atoms with E-state index in [-0.39, 0.29) is 0 Å². The van der Waals surface area contributed by atoms with Crippen LogP contribution in [0.1, 0.15) is 91.4 Å². The first-order chi connectivity index (χ1) is 8.27. The topological polar surface area (TPSA) is 0 Å². The smallest absolute Gasteiger partial charge is 0.00886 e. The predicted molar refractivity (Wildman–Crippen MR) is 78.8 cm³/mol. The summed E-state index contributed by atoms with van der Waals surface area (Å²) in [6.45, 7) is 6.69. The predicted octanol–water partition coefficient (Wildman–Crippen LogP) is 5.92. The molecule has 0 bridgehead atoms. The number of unbranched alkanes of at least 4 members (excludes halogenated alkanes) is 8. The summed E-state index contributed by atoms with van der Waals surface area (Å²) in [6, 6.07) is 0. The molecule has 0 nitrogen and oxygen atoms in total. The van der Waals surface area contributed by atoms with Gasteiger partial charge < -0.3 is 0 Å². The molecular formula is C17H31. The van der Waals surface area contributed by atoms with Gasteiger partial charge in [-0.05, 0) is 25.2 Å². The molecule has 17 heavy (non-hydrogen) atoms. The largest absolute Gasteiger partial charge is 0.103 e. The Morgan fingerprint density at radius 3 is 1.82 bits per heavy atom. The lowest BCUT2D eigenvalue weighted by atomic mass is 10.0. The van der Waals surface area contributed by atoms with Crippen LogP contribution in [0.3, 0.4) is 0 Å². The summed E-state index contributed by atoms with van der Waals surface area (Å²) < 4.78 is 0. The molecule has 0 saturated carbocycles. The van der Waals surface area contributed by atoms with E-state index in [9.17, 15) is 0 Å². The Hall–Kier alpha value is -0.440. The van der Waals surface area contributed by atoms with Crippen LogP contribution in [-0.4, -0.2) is 0 Å². The normalized spacial score (nSPS) is 10.4. The van der Waals surface area contributed by atoms with E-state index < -0.39 is 0 Å². The van der Waals surface area contributed by atoms with Gasteiger partial charge in [0.2, 0.25) is 0 Å². The van der Waals surface area contributed by atoms with Crippen LogP contribution in [0.25, 0.3) is 0 Å². The van der Waals surface area contributed by atoms with Crippen LogP contribution in [0.2, 0.25) is 0 Å². The van der Waals surface area contributed by atoms with Crippen molar-refractivity contribution in [1.29, 1.82) is 0 Å². The molecule has 0 aromatic heterocycles. The van der Waals surface area contributed by atoms with Crippen molar-refractivity contribution < 1.29 is 0 Å². The molecule has 0 saturated heterocycles. The minimum absolute atomic E-state index is 1.10. The van der Waals surface area contributed by atoms with Gasteiger partial charge in [-0.1, -0.05) is 59.3 Å². The third-order valence-electron chi connectivity index (χ3n) is 3.01. The molecule has 99 valence electrons. The summed E-state index contributed by atoms with van der Waals surface area (Å²) in [6.07, 6.45) is 14.4. The van der Waals surface area contributed by atoms with Gasteiger partial charge >= 0.3 is 0 Å². The molecule has 0 atom stereocenters. The minimum atomic E-state index is 1.10. The summed E-state index contributed by atoms with van der Waals surface area (Å²) in [7, 11) is 0. The zero-order chi connectivity index (χ0) is 12.8. The van der Waals surface area contributed by atoms with Crippen LogP contribution in [0, 0.1) is 17.8 Å². The molecular weight excluding hydrogens is 204 g/mol. The van der Waals surface area contributed by atoms with Crippen molar-refractivity contribution in [2.45, 2.75) is 91.4 Å². The Labute approximate surface area is 110 Å². The zero-order valence-corrected chi connectivity index (χ0v) is 12.3. The molecule has 1 radical (unpaired) electrons. The summed E-state index contributed by atoms with van der Waals surface area (Å²) in [4.78, 5) is 0. The van der Waals surface area contributed by atoms with Crippen molar-refractivity contribution in [1.82, 2.24) is 0 Å². The van der Waals surface area contributed by atoms with Gasteiger partial charge in [0.05, 0.1) is 0 Å². The lowest BCUT2D eigenvalue weighted by molar-refractivity contribution is 0.587. The fraction of sp³-hybridized carbons (Fsp3) is 0.824. The highest BCUT2D eigenvalue weighted by molar-refractivity contribution is 4.98. The van der Waals surface area contributed by atoms with E-state index in [2.05, 4.69) is 32.6 Å². The number of hydrogen-bond donors (Lipinski definition) is 0. The molecule has 0 aromatic carbocycles. The maximum Gasteiger partial charge on any atom is 0.00886 e. The Bertz CT molecular complexity index is 192. The monoisotopic (exact) mass is 235 g/mol. The second-order valence-electron chi connectivity index (χ2n) is 5.29. The molecule has 0 unspecified atom stereocenters. The molecule has 0 rings (SSSR count). The van der Waals surface area contributed by atoms with Crippen LogP contribution in [0.4, 0.5) is 0 Å². The van der Waals surface area contributed by atoms with Gasteiger partial charge in [-0.25, -0.2) is 0 Å². The third-order valence-corrected chi connectivity index (χ3v) is 3.01. The van der Waals surface area contributed by atoms with Gasteiger partial charge in [0.15, 0.2) is 0 Å². The van der Waals surface area contributed by atoms with E-state index >= 15 is 0 Å². The van der Waals surface area contributed by atoms with Gasteiger partial charge in [-0.3, -0.25) is 0 Å². The maximum atomic E-state index is 3.28. The van der Waals surface area contributed by atoms with E-state index in [1.54, 1.807) is 5.92 Å². The van der Waals surface area contributed by atoms with E-state index in [0.717, 1.165) is 12.8 Å². The highest BCUT2D eigenvalue weighted by Crippen LogP contribution is 2.12. The first kappa shape index (κ1) is 16.6.